The van der Waals surface area contributed by atoms with Gasteiger partial charge in [-0.05, 0) is 52.7 Å². The first-order chi connectivity index (χ1) is 7.65. The van der Waals surface area contributed by atoms with Crippen LogP contribution in [-0.2, 0) is 6.54 Å². The van der Waals surface area contributed by atoms with Gasteiger partial charge in [-0.15, -0.1) is 0 Å². The van der Waals surface area contributed by atoms with Gasteiger partial charge >= 0.3 is 0 Å². The number of hydrogen-bond acceptors (Lipinski definition) is 2. The smallest absolute Gasteiger partial charge is 0.0551 e. The molecule has 16 heavy (non-hydrogen) atoms. The predicted octanol–water partition coefficient (Wildman–Crippen LogP) is 4.09. The van der Waals surface area contributed by atoms with Crippen molar-refractivity contribution in [2.24, 2.45) is 0 Å². The van der Waals surface area contributed by atoms with Crippen molar-refractivity contribution in [3.8, 4) is 0 Å². The Labute approximate surface area is 114 Å². The highest BCUT2D eigenvalue weighted by Crippen LogP contribution is 2.46. The largest absolute Gasteiger partial charge is 0.311 e. The SMILES string of the molecule is CSC1(CNCc2ccc(Br)c(Cl)c2)CC1. The van der Waals surface area contributed by atoms with E-state index in [1.54, 1.807) is 0 Å². The van der Waals surface area contributed by atoms with Crippen LogP contribution in [0, 0.1) is 0 Å². The monoisotopic (exact) mass is 319 g/mol. The van der Waals surface area contributed by atoms with E-state index < -0.39 is 0 Å². The van der Waals surface area contributed by atoms with Gasteiger partial charge < -0.3 is 5.32 Å². The number of rotatable bonds is 5. The first-order valence-corrected chi connectivity index (χ1v) is 7.75. The van der Waals surface area contributed by atoms with Crippen molar-refractivity contribution in [1.29, 1.82) is 0 Å². The van der Waals surface area contributed by atoms with Crippen molar-refractivity contribution in [3.63, 3.8) is 0 Å². The van der Waals surface area contributed by atoms with Gasteiger partial charge in [0.2, 0.25) is 0 Å². The van der Waals surface area contributed by atoms with E-state index in [4.69, 9.17) is 11.6 Å². The fourth-order valence-corrected chi connectivity index (χ4v) is 2.88. The van der Waals surface area contributed by atoms with Crippen LogP contribution >= 0.6 is 39.3 Å². The van der Waals surface area contributed by atoms with Crippen molar-refractivity contribution in [2.45, 2.75) is 24.1 Å². The van der Waals surface area contributed by atoms with Crippen LogP contribution in [0.4, 0.5) is 0 Å². The molecule has 0 heterocycles. The van der Waals surface area contributed by atoms with Gasteiger partial charge in [0.1, 0.15) is 0 Å². The van der Waals surface area contributed by atoms with Crippen LogP contribution in [0.1, 0.15) is 18.4 Å². The highest BCUT2D eigenvalue weighted by atomic mass is 79.9. The normalized spacial score (nSPS) is 17.4. The van der Waals surface area contributed by atoms with E-state index >= 15 is 0 Å². The topological polar surface area (TPSA) is 12.0 Å². The second kappa shape index (κ2) is 5.30. The number of hydrogen-bond donors (Lipinski definition) is 1. The minimum absolute atomic E-state index is 0.527. The molecule has 1 fully saturated rings. The first kappa shape index (κ1) is 12.7. The van der Waals surface area contributed by atoms with Crippen LogP contribution in [-0.4, -0.2) is 17.5 Å². The zero-order valence-electron chi connectivity index (χ0n) is 9.22. The third-order valence-electron chi connectivity index (χ3n) is 3.00. The summed E-state index contributed by atoms with van der Waals surface area (Å²) in [6.45, 7) is 2.00. The van der Waals surface area contributed by atoms with Crippen LogP contribution in [0.25, 0.3) is 0 Å². The summed E-state index contributed by atoms with van der Waals surface area (Å²) in [6.07, 6.45) is 4.90. The summed E-state index contributed by atoms with van der Waals surface area (Å²) in [5, 5.41) is 4.29. The Morgan fingerprint density at radius 1 is 1.50 bits per heavy atom. The molecular formula is C12H15BrClNS. The van der Waals surface area contributed by atoms with E-state index in [1.165, 1.54) is 18.4 Å². The van der Waals surface area contributed by atoms with Crippen molar-refractivity contribution in [3.05, 3.63) is 33.3 Å². The number of benzene rings is 1. The minimum Gasteiger partial charge on any atom is -0.311 e. The lowest BCUT2D eigenvalue weighted by Gasteiger charge is -2.13. The predicted molar refractivity (Wildman–Crippen MR) is 76.3 cm³/mol. The molecule has 4 heteroatoms. The molecular weight excluding hydrogens is 306 g/mol. The molecule has 1 nitrogen and oxygen atoms in total. The van der Waals surface area contributed by atoms with Crippen LogP contribution < -0.4 is 5.32 Å². The third-order valence-corrected chi connectivity index (χ3v) is 5.65. The van der Waals surface area contributed by atoms with Gasteiger partial charge in [-0.3, -0.25) is 0 Å². The van der Waals surface area contributed by atoms with Gasteiger partial charge in [0, 0.05) is 22.3 Å². The van der Waals surface area contributed by atoms with Crippen LogP contribution in [0.5, 0.6) is 0 Å². The molecule has 1 aromatic carbocycles. The minimum atomic E-state index is 0.527. The molecule has 2 rings (SSSR count). The van der Waals surface area contributed by atoms with Crippen LogP contribution in [0.3, 0.4) is 0 Å². The Balaban J connectivity index is 1.83. The average molecular weight is 321 g/mol. The number of thioether (sulfide) groups is 1. The standard InChI is InChI=1S/C12H15BrClNS/c1-16-12(4-5-12)8-15-7-9-2-3-10(13)11(14)6-9/h2-3,6,15H,4-5,7-8H2,1H3. The summed E-state index contributed by atoms with van der Waals surface area (Å²) in [7, 11) is 0. The van der Waals surface area contributed by atoms with Crippen molar-refractivity contribution < 1.29 is 0 Å². The molecule has 1 saturated carbocycles. The highest BCUT2D eigenvalue weighted by molar-refractivity contribution is 9.10. The number of nitrogens with one attached hydrogen (secondary N) is 1. The molecule has 88 valence electrons. The van der Waals surface area contributed by atoms with Gasteiger partial charge in [0.25, 0.3) is 0 Å². The van der Waals surface area contributed by atoms with E-state index in [1.807, 2.05) is 23.9 Å². The summed E-state index contributed by atoms with van der Waals surface area (Å²) in [6, 6.07) is 6.11. The molecule has 1 aliphatic rings. The van der Waals surface area contributed by atoms with E-state index in [-0.39, 0.29) is 0 Å². The van der Waals surface area contributed by atoms with Crippen molar-refractivity contribution >= 4 is 39.3 Å². The molecule has 0 unspecified atom stereocenters. The Morgan fingerprint density at radius 3 is 2.81 bits per heavy atom. The Kier molecular flexibility index (Phi) is 4.22. The Morgan fingerprint density at radius 2 is 2.25 bits per heavy atom. The lowest BCUT2D eigenvalue weighted by molar-refractivity contribution is 0.663. The average Bonchev–Trinajstić information content (AvgIpc) is 3.04. The van der Waals surface area contributed by atoms with Crippen LogP contribution in [0.15, 0.2) is 22.7 Å². The van der Waals surface area contributed by atoms with Gasteiger partial charge in [-0.25, -0.2) is 0 Å². The summed E-state index contributed by atoms with van der Waals surface area (Å²) in [4.78, 5) is 0. The number of halogens is 2. The zero-order valence-corrected chi connectivity index (χ0v) is 12.4. The molecule has 0 aliphatic heterocycles. The fraction of sp³-hybridized carbons (Fsp3) is 0.500. The summed E-state index contributed by atoms with van der Waals surface area (Å²) in [5.74, 6) is 0. The summed E-state index contributed by atoms with van der Waals surface area (Å²) >= 11 is 11.4. The first-order valence-electron chi connectivity index (χ1n) is 5.35. The van der Waals surface area contributed by atoms with Crippen molar-refractivity contribution in [1.82, 2.24) is 5.32 Å². The maximum absolute atomic E-state index is 6.04. The van der Waals surface area contributed by atoms with Crippen molar-refractivity contribution in [2.75, 3.05) is 12.8 Å². The summed E-state index contributed by atoms with van der Waals surface area (Å²) < 4.78 is 1.49. The molecule has 0 amide bonds. The molecule has 1 N–H and O–H groups in total. The molecule has 0 aromatic heterocycles. The zero-order chi connectivity index (χ0) is 11.6. The van der Waals surface area contributed by atoms with Crippen LogP contribution in [0.2, 0.25) is 5.02 Å². The van der Waals surface area contributed by atoms with Gasteiger partial charge in [-0.2, -0.15) is 11.8 Å². The second-order valence-electron chi connectivity index (χ2n) is 4.24. The highest BCUT2D eigenvalue weighted by Gasteiger charge is 2.41. The molecule has 0 atom stereocenters. The fourth-order valence-electron chi connectivity index (χ4n) is 1.68. The van der Waals surface area contributed by atoms with E-state index in [0.717, 1.165) is 22.6 Å². The van der Waals surface area contributed by atoms with E-state index in [0.29, 0.717) is 4.75 Å². The molecule has 1 aliphatic carbocycles. The molecule has 0 saturated heterocycles. The lowest BCUT2D eigenvalue weighted by Crippen LogP contribution is -2.25. The second-order valence-corrected chi connectivity index (χ2v) is 6.77. The molecule has 0 bridgehead atoms. The Hall–Kier alpha value is 0.300. The maximum atomic E-state index is 6.04. The quantitative estimate of drug-likeness (QED) is 0.877. The van der Waals surface area contributed by atoms with Gasteiger partial charge in [0.05, 0.1) is 5.02 Å². The molecule has 0 spiro atoms. The molecule has 0 radical (unpaired) electrons. The van der Waals surface area contributed by atoms with Gasteiger partial charge in [-0.1, -0.05) is 17.7 Å². The van der Waals surface area contributed by atoms with E-state index in [9.17, 15) is 0 Å². The Bertz CT molecular complexity index is 379. The van der Waals surface area contributed by atoms with E-state index in [2.05, 4.69) is 33.6 Å². The molecule has 1 aromatic rings. The van der Waals surface area contributed by atoms with Gasteiger partial charge in [0.15, 0.2) is 0 Å². The maximum Gasteiger partial charge on any atom is 0.0551 e. The third kappa shape index (κ3) is 3.16. The lowest BCUT2D eigenvalue weighted by atomic mass is 10.2. The summed E-state index contributed by atoms with van der Waals surface area (Å²) in [5.41, 5.74) is 1.24.